The number of ether oxygens (including phenoxy) is 1. The molecule has 31 heavy (non-hydrogen) atoms. The van der Waals surface area contributed by atoms with E-state index in [0.29, 0.717) is 11.2 Å². The number of aromatic amines is 1. The number of carbonyl (C=O) groups excluding carboxylic acids is 1. The molecule has 2 aliphatic carbocycles. The largest absolute Gasteiger partial charge is 0.427 e. The third-order valence-corrected chi connectivity index (χ3v) is 5.29. The van der Waals surface area contributed by atoms with Crippen molar-refractivity contribution < 1.29 is 13.9 Å². The monoisotopic (exact) mass is 422 g/mol. The molecule has 1 N–H and O–H groups in total. The van der Waals surface area contributed by atoms with Crippen LogP contribution in [0.25, 0.3) is 11.2 Å². The average molecular weight is 422 g/mol. The smallest absolute Gasteiger partial charge is 0.333 e. The summed E-state index contributed by atoms with van der Waals surface area (Å²) in [5.41, 5.74) is -0.0206. The van der Waals surface area contributed by atoms with Gasteiger partial charge in [0.15, 0.2) is 17.0 Å². The summed E-state index contributed by atoms with van der Waals surface area (Å²) in [6.45, 7) is 0. The van der Waals surface area contributed by atoms with Crippen LogP contribution in [0.2, 0.25) is 0 Å². The number of imidazole rings is 1. The molecule has 0 saturated heterocycles. The van der Waals surface area contributed by atoms with E-state index in [1.165, 1.54) is 28.8 Å². The molecule has 8 nitrogen and oxygen atoms in total. The number of fused-ring (bicyclic) bond motifs is 1. The van der Waals surface area contributed by atoms with E-state index in [4.69, 9.17) is 4.74 Å². The fourth-order valence-corrected chi connectivity index (χ4v) is 3.47. The fourth-order valence-electron chi connectivity index (χ4n) is 3.47. The van der Waals surface area contributed by atoms with Gasteiger partial charge in [0.25, 0.3) is 5.56 Å². The molecule has 0 spiro atoms. The molecule has 2 aromatic heterocycles. The molecule has 2 heterocycles. The Morgan fingerprint density at radius 3 is 2.48 bits per heavy atom. The van der Waals surface area contributed by atoms with E-state index in [1.807, 2.05) is 0 Å². The van der Waals surface area contributed by atoms with Crippen molar-refractivity contribution in [1.82, 2.24) is 19.1 Å². The van der Waals surface area contributed by atoms with Gasteiger partial charge >= 0.3 is 11.7 Å². The number of nitrogens with one attached hydrogen (secondary N) is 1. The van der Waals surface area contributed by atoms with E-state index in [9.17, 15) is 18.8 Å². The molecular weight excluding hydrogens is 403 g/mol. The lowest BCUT2D eigenvalue weighted by Gasteiger charge is -2.09. The highest BCUT2D eigenvalue weighted by Crippen LogP contribution is 2.36. The van der Waals surface area contributed by atoms with Crippen LogP contribution >= 0.6 is 0 Å². The Labute approximate surface area is 175 Å². The number of hydrogen-bond donors (Lipinski definition) is 1. The van der Waals surface area contributed by atoms with E-state index >= 15 is 0 Å². The SMILES string of the molecule is O=C(CCC#Cc1nc2c([nH]1)c(=O)n(C1CC1)c(=O)n2C1CC1)Oc1ccc(F)cc1. The van der Waals surface area contributed by atoms with E-state index in [2.05, 4.69) is 21.8 Å². The number of halogens is 1. The minimum atomic E-state index is -0.486. The molecule has 9 heteroatoms. The van der Waals surface area contributed by atoms with Crippen LogP contribution in [-0.2, 0) is 4.79 Å². The highest BCUT2D eigenvalue weighted by atomic mass is 19.1. The number of esters is 1. The first-order valence-electron chi connectivity index (χ1n) is 10.2. The van der Waals surface area contributed by atoms with Crippen LogP contribution < -0.4 is 16.0 Å². The number of benzene rings is 1. The molecule has 2 aliphatic rings. The van der Waals surface area contributed by atoms with E-state index in [1.54, 1.807) is 4.57 Å². The lowest BCUT2D eigenvalue weighted by atomic mass is 10.3. The third kappa shape index (κ3) is 3.89. The number of hydrogen-bond acceptors (Lipinski definition) is 5. The molecule has 1 aromatic carbocycles. The molecule has 158 valence electrons. The van der Waals surface area contributed by atoms with Crippen molar-refractivity contribution in [3.8, 4) is 17.6 Å². The topological polar surface area (TPSA) is 99.0 Å². The zero-order valence-electron chi connectivity index (χ0n) is 16.6. The molecule has 0 radical (unpaired) electrons. The summed E-state index contributed by atoms with van der Waals surface area (Å²) < 4.78 is 20.9. The Kier molecular flexibility index (Phi) is 4.70. The van der Waals surface area contributed by atoms with E-state index in [0.717, 1.165) is 25.7 Å². The highest BCUT2D eigenvalue weighted by Gasteiger charge is 2.34. The maximum Gasteiger partial charge on any atom is 0.333 e. The molecule has 5 rings (SSSR count). The predicted octanol–water partition coefficient (Wildman–Crippen LogP) is 2.43. The molecular formula is C22H19FN4O4. The second kappa shape index (κ2) is 7.54. The maximum atomic E-state index is 12.9. The van der Waals surface area contributed by atoms with Gasteiger partial charge in [-0.15, -0.1) is 0 Å². The van der Waals surface area contributed by atoms with Crippen LogP contribution in [0.5, 0.6) is 5.75 Å². The number of rotatable bonds is 5. The second-order valence-electron chi connectivity index (χ2n) is 7.80. The predicted molar refractivity (Wildman–Crippen MR) is 109 cm³/mol. The zero-order chi connectivity index (χ0) is 21.5. The van der Waals surface area contributed by atoms with Crippen LogP contribution in [0.1, 0.15) is 56.4 Å². The Morgan fingerprint density at radius 1 is 1.13 bits per heavy atom. The summed E-state index contributed by atoms with van der Waals surface area (Å²) >= 11 is 0. The first-order chi connectivity index (χ1) is 15.0. The standard InChI is InChI=1S/C22H19FN4O4/c23-13-5-11-16(12-6-13)31-18(28)4-2-1-3-17-24-19-20(25-17)26(14-7-8-14)22(30)27(21(19)29)15-9-10-15/h5-6,11-12,14-15H,2,4,7-10H2,(H,24,25). The zero-order valence-corrected chi connectivity index (χ0v) is 16.6. The highest BCUT2D eigenvalue weighted by molar-refractivity contribution is 5.73. The Balaban J connectivity index is 1.33. The number of aromatic nitrogens is 4. The van der Waals surface area contributed by atoms with Crippen molar-refractivity contribution in [2.75, 3.05) is 0 Å². The Morgan fingerprint density at radius 2 is 1.81 bits per heavy atom. The number of carbonyl (C=O) groups is 1. The molecule has 0 amide bonds. The molecule has 2 fully saturated rings. The Bertz CT molecular complexity index is 1350. The van der Waals surface area contributed by atoms with Crippen LogP contribution in [0.3, 0.4) is 0 Å². The van der Waals surface area contributed by atoms with Gasteiger partial charge in [-0.05, 0) is 55.9 Å². The molecule has 0 aliphatic heterocycles. The normalized spacial score (nSPS) is 15.5. The van der Waals surface area contributed by atoms with Crippen molar-refractivity contribution in [2.24, 2.45) is 0 Å². The van der Waals surface area contributed by atoms with Crippen molar-refractivity contribution in [3.05, 3.63) is 56.7 Å². The summed E-state index contributed by atoms with van der Waals surface area (Å²) in [6.07, 6.45) is 3.72. The lowest BCUT2D eigenvalue weighted by Crippen LogP contribution is -2.39. The van der Waals surface area contributed by atoms with Gasteiger partial charge in [0, 0.05) is 18.5 Å². The van der Waals surface area contributed by atoms with Crippen molar-refractivity contribution in [2.45, 2.75) is 50.6 Å². The summed E-state index contributed by atoms with van der Waals surface area (Å²) in [7, 11) is 0. The van der Waals surface area contributed by atoms with Crippen molar-refractivity contribution in [1.29, 1.82) is 0 Å². The van der Waals surface area contributed by atoms with Gasteiger partial charge in [-0.2, -0.15) is 0 Å². The van der Waals surface area contributed by atoms with Crippen LogP contribution in [0, 0.1) is 17.7 Å². The lowest BCUT2D eigenvalue weighted by molar-refractivity contribution is -0.134. The van der Waals surface area contributed by atoms with Gasteiger partial charge < -0.3 is 9.72 Å². The van der Waals surface area contributed by atoms with Gasteiger partial charge in [0.05, 0.1) is 6.42 Å². The van der Waals surface area contributed by atoms with Crippen LogP contribution in [-0.4, -0.2) is 25.1 Å². The van der Waals surface area contributed by atoms with Gasteiger partial charge in [0.1, 0.15) is 11.6 Å². The summed E-state index contributed by atoms with van der Waals surface area (Å²) in [5.74, 6) is 5.31. The average Bonchev–Trinajstić information content (AvgIpc) is 3.67. The van der Waals surface area contributed by atoms with Gasteiger partial charge in [-0.3, -0.25) is 18.7 Å². The minimum absolute atomic E-state index is 0.0284. The van der Waals surface area contributed by atoms with E-state index < -0.39 is 11.8 Å². The Hall–Kier alpha value is -3.67. The number of nitrogens with zero attached hydrogens (tertiary/aromatic N) is 3. The van der Waals surface area contributed by atoms with Crippen LogP contribution in [0.4, 0.5) is 4.39 Å². The molecule has 3 aromatic rings. The molecule has 2 saturated carbocycles. The number of H-pyrrole nitrogens is 1. The summed E-state index contributed by atoms with van der Waals surface area (Å²) in [4.78, 5) is 44.8. The van der Waals surface area contributed by atoms with Gasteiger partial charge in [-0.25, -0.2) is 14.2 Å². The first-order valence-corrected chi connectivity index (χ1v) is 10.2. The summed E-state index contributed by atoms with van der Waals surface area (Å²) in [5, 5.41) is 0. The molecule has 0 unspecified atom stereocenters. The van der Waals surface area contributed by atoms with Crippen molar-refractivity contribution in [3.63, 3.8) is 0 Å². The minimum Gasteiger partial charge on any atom is -0.427 e. The second-order valence-corrected chi connectivity index (χ2v) is 7.80. The third-order valence-electron chi connectivity index (χ3n) is 5.29. The fraction of sp³-hybridized carbons (Fsp3) is 0.364. The summed E-state index contributed by atoms with van der Waals surface area (Å²) in [6, 6.07) is 5.22. The molecule has 0 atom stereocenters. The maximum absolute atomic E-state index is 12.9. The van der Waals surface area contributed by atoms with Gasteiger partial charge in [-0.1, -0.05) is 5.92 Å². The van der Waals surface area contributed by atoms with E-state index in [-0.39, 0.29) is 47.7 Å². The first kappa shape index (κ1) is 19.3. The van der Waals surface area contributed by atoms with Crippen LogP contribution in [0.15, 0.2) is 33.9 Å². The molecule has 0 bridgehead atoms. The van der Waals surface area contributed by atoms with Crippen molar-refractivity contribution >= 4 is 17.1 Å². The quantitative estimate of drug-likeness (QED) is 0.387. The van der Waals surface area contributed by atoms with Gasteiger partial charge in [0.2, 0.25) is 0 Å².